The van der Waals surface area contributed by atoms with Gasteiger partial charge in [-0.3, -0.25) is 18.8 Å². The number of halogens is 2. The highest BCUT2D eigenvalue weighted by Gasteiger charge is 2.17. The summed E-state index contributed by atoms with van der Waals surface area (Å²) in [7, 11) is 0. The highest BCUT2D eigenvalue weighted by molar-refractivity contribution is 7.99. The Labute approximate surface area is 151 Å². The average molecular weight is 378 g/mol. The van der Waals surface area contributed by atoms with Crippen LogP contribution in [0.5, 0.6) is 0 Å². The number of benzene rings is 1. The van der Waals surface area contributed by atoms with E-state index in [0.29, 0.717) is 29.8 Å². The number of Topliss-reactive ketones (excluding diaryl/α,β-unsaturated/α-hetero) is 1. The van der Waals surface area contributed by atoms with Crippen molar-refractivity contribution in [2.75, 3.05) is 5.75 Å². The van der Waals surface area contributed by atoms with E-state index >= 15 is 0 Å². The van der Waals surface area contributed by atoms with E-state index in [1.165, 1.54) is 4.57 Å². The molecule has 0 radical (unpaired) electrons. The fourth-order valence-corrected chi connectivity index (χ4v) is 3.44. The number of carbonyl (C=O) groups is 1. The van der Waals surface area contributed by atoms with Crippen LogP contribution in [0.15, 0.2) is 34.3 Å². The molecule has 0 bridgehead atoms. The SMILES string of the molecule is CCn1cc2nc(SCC(=O)c3ccc(F)cc3F)n(CC)c(=O)c2n1. The lowest BCUT2D eigenvalue weighted by atomic mass is 10.1. The fraction of sp³-hybridized carbons (Fsp3) is 0.294. The summed E-state index contributed by atoms with van der Waals surface area (Å²) >= 11 is 1.04. The lowest BCUT2D eigenvalue weighted by Gasteiger charge is -2.09. The van der Waals surface area contributed by atoms with Gasteiger partial charge in [0.1, 0.15) is 17.2 Å². The normalized spacial score (nSPS) is 11.2. The summed E-state index contributed by atoms with van der Waals surface area (Å²) in [6, 6.07) is 2.82. The lowest BCUT2D eigenvalue weighted by Crippen LogP contribution is -2.23. The van der Waals surface area contributed by atoms with Gasteiger partial charge in [-0.2, -0.15) is 5.10 Å². The van der Waals surface area contributed by atoms with Gasteiger partial charge < -0.3 is 0 Å². The smallest absolute Gasteiger partial charge is 0.282 e. The molecular weight excluding hydrogens is 362 g/mol. The Morgan fingerprint density at radius 1 is 1.23 bits per heavy atom. The van der Waals surface area contributed by atoms with Gasteiger partial charge in [-0.15, -0.1) is 0 Å². The van der Waals surface area contributed by atoms with Gasteiger partial charge >= 0.3 is 0 Å². The molecule has 3 rings (SSSR count). The van der Waals surface area contributed by atoms with E-state index < -0.39 is 17.4 Å². The van der Waals surface area contributed by atoms with Crippen LogP contribution in [0.25, 0.3) is 11.0 Å². The third-order valence-electron chi connectivity index (χ3n) is 3.84. The number of rotatable bonds is 6. The molecule has 6 nitrogen and oxygen atoms in total. The maximum Gasteiger partial charge on any atom is 0.282 e. The number of aromatic nitrogens is 4. The molecule has 2 aromatic heterocycles. The molecule has 136 valence electrons. The van der Waals surface area contributed by atoms with Crippen molar-refractivity contribution >= 4 is 28.6 Å². The molecule has 0 saturated carbocycles. The van der Waals surface area contributed by atoms with E-state index in [0.717, 1.165) is 23.9 Å². The fourth-order valence-electron chi connectivity index (χ4n) is 2.50. The van der Waals surface area contributed by atoms with Gasteiger partial charge in [0.05, 0.1) is 17.5 Å². The number of nitrogens with zero attached hydrogens (tertiary/aromatic N) is 4. The number of hydrogen-bond acceptors (Lipinski definition) is 5. The summed E-state index contributed by atoms with van der Waals surface area (Å²) in [5.41, 5.74) is 0.246. The number of carbonyl (C=O) groups excluding carboxylic acids is 1. The van der Waals surface area contributed by atoms with Crippen LogP contribution in [0, 0.1) is 11.6 Å². The standard InChI is InChI=1S/C17H16F2N4O2S/c1-3-22-8-13-15(21-22)16(25)23(4-2)17(20-13)26-9-14(24)11-6-5-10(18)7-12(11)19/h5-8H,3-4,9H2,1-2H3. The first kappa shape index (κ1) is 18.2. The Hall–Kier alpha value is -2.55. The molecule has 0 spiro atoms. The Morgan fingerprint density at radius 2 is 2.00 bits per heavy atom. The van der Waals surface area contributed by atoms with Crippen molar-refractivity contribution in [3.63, 3.8) is 0 Å². The largest absolute Gasteiger partial charge is 0.293 e. The molecule has 0 fully saturated rings. The molecule has 1 aromatic carbocycles. The van der Waals surface area contributed by atoms with Crippen molar-refractivity contribution in [1.82, 2.24) is 19.3 Å². The number of aryl methyl sites for hydroxylation is 1. The quantitative estimate of drug-likeness (QED) is 0.375. The molecule has 26 heavy (non-hydrogen) atoms. The highest BCUT2D eigenvalue weighted by atomic mass is 32.2. The van der Waals surface area contributed by atoms with Crippen LogP contribution >= 0.6 is 11.8 Å². The van der Waals surface area contributed by atoms with Crippen LogP contribution in [0.1, 0.15) is 24.2 Å². The number of ketones is 1. The summed E-state index contributed by atoms with van der Waals surface area (Å²) in [6.45, 7) is 4.65. The zero-order valence-electron chi connectivity index (χ0n) is 14.2. The monoisotopic (exact) mass is 378 g/mol. The van der Waals surface area contributed by atoms with Crippen LogP contribution in [0.4, 0.5) is 8.78 Å². The summed E-state index contributed by atoms with van der Waals surface area (Å²) in [5, 5.41) is 4.56. The average Bonchev–Trinajstić information content (AvgIpc) is 3.03. The molecular formula is C17H16F2N4O2S. The molecule has 2 heterocycles. The minimum Gasteiger partial charge on any atom is -0.293 e. The van der Waals surface area contributed by atoms with E-state index in [1.807, 2.05) is 6.92 Å². The van der Waals surface area contributed by atoms with Crippen molar-refractivity contribution < 1.29 is 13.6 Å². The van der Waals surface area contributed by atoms with E-state index in [9.17, 15) is 18.4 Å². The predicted molar refractivity (Wildman–Crippen MR) is 94.5 cm³/mol. The summed E-state index contributed by atoms with van der Waals surface area (Å²) in [6.07, 6.45) is 1.67. The molecule has 0 N–H and O–H groups in total. The van der Waals surface area contributed by atoms with Crippen molar-refractivity contribution in [2.45, 2.75) is 32.1 Å². The zero-order valence-corrected chi connectivity index (χ0v) is 15.0. The third kappa shape index (κ3) is 3.39. The van der Waals surface area contributed by atoms with E-state index in [1.54, 1.807) is 17.8 Å². The van der Waals surface area contributed by atoms with Gasteiger partial charge in [0.2, 0.25) is 0 Å². The van der Waals surface area contributed by atoms with E-state index in [-0.39, 0.29) is 22.4 Å². The van der Waals surface area contributed by atoms with Gasteiger partial charge in [-0.25, -0.2) is 13.8 Å². The van der Waals surface area contributed by atoms with Crippen molar-refractivity contribution in [3.05, 3.63) is 51.9 Å². The molecule has 0 unspecified atom stereocenters. The van der Waals surface area contributed by atoms with Gasteiger partial charge in [0.25, 0.3) is 5.56 Å². The second-order valence-corrected chi connectivity index (χ2v) is 6.44. The minimum absolute atomic E-state index is 0.123. The van der Waals surface area contributed by atoms with Crippen LogP contribution < -0.4 is 5.56 Å². The first-order chi connectivity index (χ1) is 12.4. The Kier molecular flexibility index (Phi) is 5.17. The molecule has 0 atom stereocenters. The van der Waals surface area contributed by atoms with Gasteiger partial charge in [0.15, 0.2) is 16.5 Å². The second-order valence-electron chi connectivity index (χ2n) is 5.50. The van der Waals surface area contributed by atoms with Crippen LogP contribution in [-0.2, 0) is 13.1 Å². The van der Waals surface area contributed by atoms with Crippen molar-refractivity contribution in [2.24, 2.45) is 0 Å². The second kappa shape index (κ2) is 7.36. The Bertz CT molecular complexity index is 1050. The van der Waals surface area contributed by atoms with Crippen LogP contribution in [0.3, 0.4) is 0 Å². The maximum absolute atomic E-state index is 13.7. The van der Waals surface area contributed by atoms with E-state index in [2.05, 4.69) is 10.1 Å². The Morgan fingerprint density at radius 3 is 2.65 bits per heavy atom. The predicted octanol–water partition coefficient (Wildman–Crippen LogP) is 2.89. The summed E-state index contributed by atoms with van der Waals surface area (Å²) in [5.74, 6) is -2.28. The molecule has 0 aliphatic heterocycles. The van der Waals surface area contributed by atoms with Crippen LogP contribution in [-0.4, -0.2) is 30.9 Å². The molecule has 3 aromatic rings. The van der Waals surface area contributed by atoms with Crippen LogP contribution in [0.2, 0.25) is 0 Å². The number of fused-ring (bicyclic) bond motifs is 1. The zero-order chi connectivity index (χ0) is 18.8. The van der Waals surface area contributed by atoms with Gasteiger partial charge in [0, 0.05) is 19.2 Å². The van der Waals surface area contributed by atoms with Crippen molar-refractivity contribution in [1.29, 1.82) is 0 Å². The molecule has 9 heteroatoms. The summed E-state index contributed by atoms with van der Waals surface area (Å²) < 4.78 is 29.7. The number of hydrogen-bond donors (Lipinski definition) is 0. The maximum atomic E-state index is 13.7. The van der Waals surface area contributed by atoms with E-state index in [4.69, 9.17) is 0 Å². The van der Waals surface area contributed by atoms with Gasteiger partial charge in [-0.1, -0.05) is 11.8 Å². The number of thioether (sulfide) groups is 1. The van der Waals surface area contributed by atoms with Crippen molar-refractivity contribution in [3.8, 4) is 0 Å². The summed E-state index contributed by atoms with van der Waals surface area (Å²) in [4.78, 5) is 29.2. The molecule has 0 aliphatic carbocycles. The highest BCUT2D eigenvalue weighted by Crippen LogP contribution is 2.20. The minimum atomic E-state index is -0.906. The Balaban J connectivity index is 1.90. The first-order valence-electron chi connectivity index (χ1n) is 8.03. The van der Waals surface area contributed by atoms with Gasteiger partial charge in [-0.05, 0) is 26.0 Å². The lowest BCUT2D eigenvalue weighted by molar-refractivity contribution is 0.101. The third-order valence-corrected chi connectivity index (χ3v) is 4.82. The topological polar surface area (TPSA) is 69.8 Å². The molecule has 0 aliphatic rings. The molecule has 0 amide bonds. The first-order valence-corrected chi connectivity index (χ1v) is 9.02. The molecule has 0 saturated heterocycles.